The van der Waals surface area contributed by atoms with Crippen molar-refractivity contribution < 1.29 is 14.3 Å². The highest BCUT2D eigenvalue weighted by molar-refractivity contribution is 6.31. The third-order valence-corrected chi connectivity index (χ3v) is 4.68. The number of benzene rings is 2. The number of halogens is 1. The summed E-state index contributed by atoms with van der Waals surface area (Å²) in [4.78, 5) is 26.7. The molecule has 0 fully saturated rings. The standard InChI is InChI=1S/C21H25ClN2O3/c1-4-19(21(26)23-3)24(13-16-7-5-6-8-18(16)22)20(25)14-27-17-11-9-15(2)10-12-17/h5-12,19H,4,13-14H2,1-3H3,(H,23,26). The molecule has 0 aliphatic carbocycles. The summed E-state index contributed by atoms with van der Waals surface area (Å²) in [6.07, 6.45) is 0.487. The number of nitrogens with one attached hydrogen (secondary N) is 1. The van der Waals surface area contributed by atoms with E-state index in [1.807, 2.05) is 56.3 Å². The summed E-state index contributed by atoms with van der Waals surface area (Å²) in [5.74, 6) is 0.124. The van der Waals surface area contributed by atoms with E-state index in [4.69, 9.17) is 16.3 Å². The smallest absolute Gasteiger partial charge is 0.261 e. The first-order chi connectivity index (χ1) is 13.0. The monoisotopic (exact) mass is 388 g/mol. The van der Waals surface area contributed by atoms with Gasteiger partial charge in [0.2, 0.25) is 5.91 Å². The molecule has 2 rings (SSSR count). The number of aryl methyl sites for hydroxylation is 1. The first kappa shape index (κ1) is 20.8. The molecule has 0 saturated heterocycles. The van der Waals surface area contributed by atoms with Gasteiger partial charge < -0.3 is 15.0 Å². The number of hydrogen-bond donors (Lipinski definition) is 1. The number of hydrogen-bond acceptors (Lipinski definition) is 3. The molecule has 27 heavy (non-hydrogen) atoms. The molecular formula is C21H25ClN2O3. The molecule has 0 bridgehead atoms. The topological polar surface area (TPSA) is 58.6 Å². The Morgan fingerprint density at radius 1 is 1.15 bits per heavy atom. The van der Waals surface area contributed by atoms with Crippen LogP contribution in [0.25, 0.3) is 0 Å². The first-order valence-corrected chi connectivity index (χ1v) is 9.28. The third-order valence-electron chi connectivity index (χ3n) is 4.31. The minimum Gasteiger partial charge on any atom is -0.484 e. The Bertz CT molecular complexity index is 777. The zero-order chi connectivity index (χ0) is 19.8. The van der Waals surface area contributed by atoms with E-state index in [2.05, 4.69) is 5.32 Å². The fourth-order valence-corrected chi connectivity index (χ4v) is 2.95. The minimum absolute atomic E-state index is 0.152. The van der Waals surface area contributed by atoms with Gasteiger partial charge in [-0.1, -0.05) is 54.4 Å². The Kier molecular flexibility index (Phi) is 7.67. The maximum absolute atomic E-state index is 12.9. The molecule has 2 aromatic carbocycles. The van der Waals surface area contributed by atoms with Gasteiger partial charge >= 0.3 is 0 Å². The number of ether oxygens (including phenoxy) is 1. The first-order valence-electron chi connectivity index (χ1n) is 8.90. The highest BCUT2D eigenvalue weighted by atomic mass is 35.5. The lowest BCUT2D eigenvalue weighted by Gasteiger charge is -2.30. The van der Waals surface area contributed by atoms with Crippen molar-refractivity contribution in [3.63, 3.8) is 0 Å². The van der Waals surface area contributed by atoms with E-state index in [1.165, 1.54) is 4.90 Å². The van der Waals surface area contributed by atoms with Gasteiger partial charge in [-0.05, 0) is 37.1 Å². The summed E-state index contributed by atoms with van der Waals surface area (Å²) >= 11 is 6.25. The number of rotatable bonds is 8. The lowest BCUT2D eigenvalue weighted by molar-refractivity contribution is -0.142. The predicted molar refractivity (Wildman–Crippen MR) is 107 cm³/mol. The van der Waals surface area contributed by atoms with Crippen LogP contribution >= 0.6 is 11.6 Å². The van der Waals surface area contributed by atoms with E-state index >= 15 is 0 Å². The van der Waals surface area contributed by atoms with Crippen LogP contribution in [0.4, 0.5) is 0 Å². The van der Waals surface area contributed by atoms with Crippen molar-refractivity contribution in [1.29, 1.82) is 0 Å². The van der Waals surface area contributed by atoms with Gasteiger partial charge in [0.15, 0.2) is 6.61 Å². The van der Waals surface area contributed by atoms with Gasteiger partial charge in [-0.2, -0.15) is 0 Å². The van der Waals surface area contributed by atoms with Crippen LogP contribution in [0.3, 0.4) is 0 Å². The van der Waals surface area contributed by atoms with Gasteiger partial charge in [-0.15, -0.1) is 0 Å². The normalized spacial score (nSPS) is 11.6. The minimum atomic E-state index is -0.597. The molecule has 0 radical (unpaired) electrons. The number of amides is 2. The zero-order valence-electron chi connectivity index (χ0n) is 15.9. The molecule has 0 spiro atoms. The van der Waals surface area contributed by atoms with Crippen LogP contribution in [0, 0.1) is 6.92 Å². The van der Waals surface area contributed by atoms with Gasteiger partial charge in [0, 0.05) is 18.6 Å². The average Bonchev–Trinajstić information content (AvgIpc) is 2.68. The predicted octanol–water partition coefficient (Wildman–Crippen LogP) is 3.58. The van der Waals surface area contributed by atoms with Crippen LogP contribution in [-0.4, -0.2) is 36.4 Å². The Labute approximate surface area is 165 Å². The summed E-state index contributed by atoms with van der Waals surface area (Å²) in [7, 11) is 1.56. The summed E-state index contributed by atoms with van der Waals surface area (Å²) in [6, 6.07) is 14.2. The zero-order valence-corrected chi connectivity index (χ0v) is 16.6. The molecule has 2 amide bonds. The van der Waals surface area contributed by atoms with Crippen LogP contribution < -0.4 is 10.1 Å². The van der Waals surface area contributed by atoms with Gasteiger partial charge in [0.05, 0.1) is 0 Å². The van der Waals surface area contributed by atoms with E-state index in [0.29, 0.717) is 17.2 Å². The maximum Gasteiger partial charge on any atom is 0.261 e. The quantitative estimate of drug-likeness (QED) is 0.751. The fraction of sp³-hybridized carbons (Fsp3) is 0.333. The molecule has 0 aliphatic rings. The molecule has 1 unspecified atom stereocenters. The van der Waals surface area contributed by atoms with E-state index in [9.17, 15) is 9.59 Å². The number of nitrogens with zero attached hydrogens (tertiary/aromatic N) is 1. The number of likely N-dealkylation sites (N-methyl/N-ethyl adjacent to an activating group) is 1. The highest BCUT2D eigenvalue weighted by Gasteiger charge is 2.28. The van der Waals surface area contributed by atoms with E-state index in [-0.39, 0.29) is 25.0 Å². The van der Waals surface area contributed by atoms with Crippen molar-refractivity contribution in [3.8, 4) is 5.75 Å². The van der Waals surface area contributed by atoms with Gasteiger partial charge in [0.1, 0.15) is 11.8 Å². The number of carbonyl (C=O) groups is 2. The molecule has 0 aliphatic heterocycles. The Hall–Kier alpha value is -2.53. The van der Waals surface area contributed by atoms with Crippen molar-refractivity contribution in [1.82, 2.24) is 10.2 Å². The van der Waals surface area contributed by atoms with E-state index < -0.39 is 6.04 Å². The van der Waals surface area contributed by atoms with Crippen molar-refractivity contribution in [3.05, 3.63) is 64.7 Å². The van der Waals surface area contributed by atoms with Crippen molar-refractivity contribution in [2.45, 2.75) is 32.9 Å². The van der Waals surface area contributed by atoms with Gasteiger partial charge in [-0.3, -0.25) is 9.59 Å². The van der Waals surface area contributed by atoms with E-state index in [1.54, 1.807) is 13.1 Å². The largest absolute Gasteiger partial charge is 0.484 e. The molecule has 2 aromatic rings. The molecule has 1 atom stereocenters. The molecule has 0 heterocycles. The second-order valence-electron chi connectivity index (χ2n) is 6.25. The number of carbonyl (C=O) groups excluding carboxylic acids is 2. The van der Waals surface area contributed by atoms with Crippen LogP contribution in [0.2, 0.25) is 5.02 Å². The van der Waals surface area contributed by atoms with E-state index in [0.717, 1.165) is 11.1 Å². The van der Waals surface area contributed by atoms with Crippen LogP contribution in [-0.2, 0) is 16.1 Å². The Morgan fingerprint density at radius 2 is 1.81 bits per heavy atom. The van der Waals surface area contributed by atoms with Gasteiger partial charge in [0.25, 0.3) is 5.91 Å². The van der Waals surface area contributed by atoms with Crippen LogP contribution in [0.15, 0.2) is 48.5 Å². The summed E-state index contributed by atoms with van der Waals surface area (Å²) < 4.78 is 5.62. The van der Waals surface area contributed by atoms with Crippen LogP contribution in [0.1, 0.15) is 24.5 Å². The lowest BCUT2D eigenvalue weighted by Crippen LogP contribution is -2.49. The van der Waals surface area contributed by atoms with Crippen molar-refractivity contribution in [2.24, 2.45) is 0 Å². The molecule has 0 aromatic heterocycles. The average molecular weight is 389 g/mol. The van der Waals surface area contributed by atoms with Gasteiger partial charge in [-0.25, -0.2) is 0 Å². The summed E-state index contributed by atoms with van der Waals surface area (Å²) in [5, 5.41) is 3.18. The van der Waals surface area contributed by atoms with Crippen LogP contribution in [0.5, 0.6) is 5.75 Å². The fourth-order valence-electron chi connectivity index (χ4n) is 2.76. The second-order valence-corrected chi connectivity index (χ2v) is 6.66. The molecule has 1 N–H and O–H groups in total. The summed E-state index contributed by atoms with van der Waals surface area (Å²) in [5.41, 5.74) is 1.89. The van der Waals surface area contributed by atoms with Crippen molar-refractivity contribution in [2.75, 3.05) is 13.7 Å². The molecule has 6 heteroatoms. The Morgan fingerprint density at radius 3 is 2.41 bits per heavy atom. The lowest BCUT2D eigenvalue weighted by atomic mass is 10.1. The molecule has 5 nitrogen and oxygen atoms in total. The molecule has 144 valence electrons. The maximum atomic E-state index is 12.9. The second kappa shape index (κ2) is 9.97. The summed E-state index contributed by atoms with van der Waals surface area (Å²) in [6.45, 7) is 3.94. The molecule has 0 saturated carbocycles. The van der Waals surface area contributed by atoms with Crippen molar-refractivity contribution >= 4 is 23.4 Å². The highest BCUT2D eigenvalue weighted by Crippen LogP contribution is 2.20. The SMILES string of the molecule is CCC(C(=O)NC)N(Cc1ccccc1Cl)C(=O)COc1ccc(C)cc1. The Balaban J connectivity index is 2.19. The third kappa shape index (κ3) is 5.73. The molecular weight excluding hydrogens is 364 g/mol.